The summed E-state index contributed by atoms with van der Waals surface area (Å²) in [4.78, 5) is 25.1. The summed E-state index contributed by atoms with van der Waals surface area (Å²) in [5.41, 5.74) is 0.793. The van der Waals surface area contributed by atoms with Gasteiger partial charge in [0.1, 0.15) is 0 Å². The Morgan fingerprint density at radius 3 is 2.70 bits per heavy atom. The van der Waals surface area contributed by atoms with Gasteiger partial charge >= 0.3 is 5.97 Å². The maximum atomic E-state index is 12.6. The van der Waals surface area contributed by atoms with Crippen LogP contribution in [0.25, 0.3) is 0 Å². The number of carboxylic acid groups (broad SMARTS) is 1. The standard InChI is InChI=1S/C15H19NO4/c1-20-14(11-6-3-2-4-7-11)15(19)16-9-5-8-12(16)10-13(17)18/h2-4,6-7,12,14H,5,8-10H2,1H3,(H,17,18)/t12?,14-/m1/s1. The molecular weight excluding hydrogens is 258 g/mol. The molecule has 108 valence electrons. The van der Waals surface area contributed by atoms with E-state index in [9.17, 15) is 9.59 Å². The normalized spacial score (nSPS) is 19.9. The molecule has 0 radical (unpaired) electrons. The first kappa shape index (κ1) is 14.5. The molecule has 2 atom stereocenters. The summed E-state index contributed by atoms with van der Waals surface area (Å²) >= 11 is 0. The number of aliphatic carboxylic acids is 1. The Morgan fingerprint density at radius 1 is 1.40 bits per heavy atom. The predicted octanol–water partition coefficient (Wildman–Crippen LogP) is 1.84. The molecule has 20 heavy (non-hydrogen) atoms. The number of amides is 1. The molecule has 1 saturated heterocycles. The highest BCUT2D eigenvalue weighted by Crippen LogP contribution is 2.26. The quantitative estimate of drug-likeness (QED) is 0.891. The predicted molar refractivity (Wildman–Crippen MR) is 73.2 cm³/mol. The van der Waals surface area contributed by atoms with Crippen LogP contribution in [0, 0.1) is 0 Å². The summed E-state index contributed by atoms with van der Waals surface area (Å²) in [6.07, 6.45) is 0.917. The van der Waals surface area contributed by atoms with Crippen LogP contribution in [0.15, 0.2) is 30.3 Å². The van der Waals surface area contributed by atoms with Gasteiger partial charge in [-0.1, -0.05) is 30.3 Å². The average molecular weight is 277 g/mol. The summed E-state index contributed by atoms with van der Waals surface area (Å²) < 4.78 is 5.33. The average Bonchev–Trinajstić information content (AvgIpc) is 2.88. The number of methoxy groups -OCH3 is 1. The Morgan fingerprint density at radius 2 is 2.10 bits per heavy atom. The maximum absolute atomic E-state index is 12.6. The van der Waals surface area contributed by atoms with Crippen LogP contribution in [0.3, 0.4) is 0 Å². The molecule has 5 nitrogen and oxygen atoms in total. The minimum absolute atomic E-state index is 0.00301. The van der Waals surface area contributed by atoms with Gasteiger partial charge in [-0.15, -0.1) is 0 Å². The van der Waals surface area contributed by atoms with Crippen LogP contribution in [-0.2, 0) is 14.3 Å². The van der Waals surface area contributed by atoms with Crippen molar-refractivity contribution in [3.05, 3.63) is 35.9 Å². The number of carboxylic acids is 1. The van der Waals surface area contributed by atoms with Crippen molar-refractivity contribution in [2.45, 2.75) is 31.4 Å². The minimum atomic E-state index is -0.872. The molecule has 1 amide bonds. The lowest BCUT2D eigenvalue weighted by molar-refractivity contribution is -0.145. The molecule has 1 aliphatic heterocycles. The third kappa shape index (κ3) is 3.17. The van der Waals surface area contributed by atoms with E-state index in [-0.39, 0.29) is 18.4 Å². The highest BCUT2D eigenvalue weighted by molar-refractivity contribution is 5.83. The number of rotatable bonds is 5. The number of ether oxygens (including phenoxy) is 1. The molecule has 1 N–H and O–H groups in total. The van der Waals surface area contributed by atoms with Crippen LogP contribution >= 0.6 is 0 Å². The largest absolute Gasteiger partial charge is 0.481 e. The molecule has 1 aromatic carbocycles. The van der Waals surface area contributed by atoms with Crippen molar-refractivity contribution in [3.63, 3.8) is 0 Å². The molecule has 1 aromatic rings. The van der Waals surface area contributed by atoms with E-state index in [2.05, 4.69) is 0 Å². The monoisotopic (exact) mass is 277 g/mol. The molecule has 1 aliphatic rings. The van der Waals surface area contributed by atoms with E-state index in [0.29, 0.717) is 6.54 Å². The van der Waals surface area contributed by atoms with Gasteiger partial charge in [-0.25, -0.2) is 0 Å². The van der Waals surface area contributed by atoms with E-state index < -0.39 is 12.1 Å². The number of carbonyl (C=O) groups excluding carboxylic acids is 1. The maximum Gasteiger partial charge on any atom is 0.305 e. The summed E-state index contributed by atoms with van der Waals surface area (Å²) in [5, 5.41) is 8.92. The van der Waals surface area contributed by atoms with E-state index >= 15 is 0 Å². The van der Waals surface area contributed by atoms with E-state index in [0.717, 1.165) is 18.4 Å². The van der Waals surface area contributed by atoms with Gasteiger partial charge in [0.2, 0.25) is 0 Å². The second-order valence-electron chi connectivity index (χ2n) is 4.95. The first-order valence-electron chi connectivity index (χ1n) is 6.73. The van der Waals surface area contributed by atoms with Gasteiger partial charge in [-0.3, -0.25) is 9.59 Å². The molecule has 2 rings (SSSR count). The number of nitrogens with zero attached hydrogens (tertiary/aromatic N) is 1. The van der Waals surface area contributed by atoms with E-state index in [4.69, 9.17) is 9.84 Å². The number of likely N-dealkylation sites (tertiary alicyclic amines) is 1. The van der Waals surface area contributed by atoms with Crippen molar-refractivity contribution in [1.82, 2.24) is 4.90 Å². The van der Waals surface area contributed by atoms with Crippen LogP contribution in [0.5, 0.6) is 0 Å². The number of carbonyl (C=O) groups is 2. The van der Waals surface area contributed by atoms with Crippen molar-refractivity contribution in [3.8, 4) is 0 Å². The second-order valence-corrected chi connectivity index (χ2v) is 4.95. The molecule has 1 unspecified atom stereocenters. The van der Waals surface area contributed by atoms with Crippen molar-refractivity contribution in [2.75, 3.05) is 13.7 Å². The van der Waals surface area contributed by atoms with Crippen molar-refractivity contribution >= 4 is 11.9 Å². The zero-order chi connectivity index (χ0) is 14.5. The second kappa shape index (κ2) is 6.52. The molecular formula is C15H19NO4. The lowest BCUT2D eigenvalue weighted by Gasteiger charge is -2.27. The Balaban J connectivity index is 2.14. The lowest BCUT2D eigenvalue weighted by atomic mass is 10.1. The number of benzene rings is 1. The number of hydrogen-bond donors (Lipinski definition) is 1. The molecule has 1 heterocycles. The van der Waals surface area contributed by atoms with Gasteiger partial charge < -0.3 is 14.7 Å². The SMILES string of the molecule is CO[C@@H](C(=O)N1CCCC1CC(=O)O)c1ccccc1. The smallest absolute Gasteiger partial charge is 0.305 e. The van der Waals surface area contributed by atoms with E-state index in [1.807, 2.05) is 30.3 Å². The third-order valence-electron chi connectivity index (χ3n) is 3.63. The Bertz CT molecular complexity index is 474. The first-order valence-corrected chi connectivity index (χ1v) is 6.73. The minimum Gasteiger partial charge on any atom is -0.481 e. The molecule has 0 aromatic heterocycles. The topological polar surface area (TPSA) is 66.8 Å². The van der Waals surface area contributed by atoms with Crippen LogP contribution in [-0.4, -0.2) is 41.6 Å². The van der Waals surface area contributed by atoms with Crippen LogP contribution in [0.2, 0.25) is 0 Å². The van der Waals surface area contributed by atoms with Crippen LogP contribution in [0.1, 0.15) is 30.9 Å². The molecule has 0 aliphatic carbocycles. The van der Waals surface area contributed by atoms with Crippen LogP contribution < -0.4 is 0 Å². The lowest BCUT2D eigenvalue weighted by Crippen LogP contribution is -2.40. The molecule has 0 spiro atoms. The number of hydrogen-bond acceptors (Lipinski definition) is 3. The van der Waals surface area contributed by atoms with E-state index in [1.54, 1.807) is 4.90 Å². The Hall–Kier alpha value is -1.88. The Labute approximate surface area is 118 Å². The highest BCUT2D eigenvalue weighted by Gasteiger charge is 2.34. The molecule has 5 heteroatoms. The molecule has 0 saturated carbocycles. The summed E-state index contributed by atoms with van der Waals surface area (Å²) in [7, 11) is 1.50. The van der Waals surface area contributed by atoms with Gasteiger partial charge in [-0.05, 0) is 18.4 Å². The summed E-state index contributed by atoms with van der Waals surface area (Å²) in [6, 6.07) is 9.05. The fraction of sp³-hybridized carbons (Fsp3) is 0.467. The van der Waals surface area contributed by atoms with E-state index in [1.165, 1.54) is 7.11 Å². The van der Waals surface area contributed by atoms with Gasteiger partial charge in [0.15, 0.2) is 6.10 Å². The van der Waals surface area contributed by atoms with Gasteiger partial charge in [0, 0.05) is 19.7 Å². The highest BCUT2D eigenvalue weighted by atomic mass is 16.5. The fourth-order valence-corrected chi connectivity index (χ4v) is 2.70. The molecule has 1 fully saturated rings. The van der Waals surface area contributed by atoms with Gasteiger partial charge in [0.05, 0.1) is 6.42 Å². The van der Waals surface area contributed by atoms with Gasteiger partial charge in [-0.2, -0.15) is 0 Å². The fourth-order valence-electron chi connectivity index (χ4n) is 2.70. The summed E-state index contributed by atoms with van der Waals surface area (Å²) in [6.45, 7) is 0.601. The molecule has 0 bridgehead atoms. The Kier molecular flexibility index (Phi) is 4.74. The zero-order valence-electron chi connectivity index (χ0n) is 11.5. The summed E-state index contributed by atoms with van der Waals surface area (Å²) in [5.74, 6) is -1.02. The van der Waals surface area contributed by atoms with Crippen molar-refractivity contribution in [1.29, 1.82) is 0 Å². The van der Waals surface area contributed by atoms with Crippen molar-refractivity contribution in [2.24, 2.45) is 0 Å². The van der Waals surface area contributed by atoms with Crippen LogP contribution in [0.4, 0.5) is 0 Å². The first-order chi connectivity index (χ1) is 9.63. The van der Waals surface area contributed by atoms with Gasteiger partial charge in [0.25, 0.3) is 5.91 Å². The third-order valence-corrected chi connectivity index (χ3v) is 3.63. The van der Waals surface area contributed by atoms with Crippen molar-refractivity contribution < 1.29 is 19.4 Å². The zero-order valence-corrected chi connectivity index (χ0v) is 11.5.